The van der Waals surface area contributed by atoms with Gasteiger partial charge in [-0.25, -0.2) is 9.18 Å². The number of carbonyl (C=O) groups is 1. The first-order chi connectivity index (χ1) is 13.4. The summed E-state index contributed by atoms with van der Waals surface area (Å²) in [6.07, 6.45) is 0.685. The number of benzene rings is 1. The zero-order valence-electron chi connectivity index (χ0n) is 14.7. The summed E-state index contributed by atoms with van der Waals surface area (Å²) in [5.74, 6) is 3.47. The highest BCUT2D eigenvalue weighted by molar-refractivity contribution is 6.05. The van der Waals surface area contributed by atoms with Gasteiger partial charge in [0.1, 0.15) is 36.1 Å². The normalized spacial score (nSPS) is 22.3. The number of carboxylic acids is 1. The quantitative estimate of drug-likeness (QED) is 0.419. The van der Waals surface area contributed by atoms with E-state index >= 15 is 4.39 Å². The fourth-order valence-electron chi connectivity index (χ4n) is 4.34. The maximum absolute atomic E-state index is 15.5. The molecular weight excluding hydrogens is 373 g/mol. The minimum atomic E-state index is -1.45. The third-order valence-electron chi connectivity index (χ3n) is 5.57. The number of hydrogen-bond acceptors (Lipinski definition) is 8. The summed E-state index contributed by atoms with van der Waals surface area (Å²) in [6.45, 7) is 1.27. The molecule has 1 aromatic carbocycles. The van der Waals surface area contributed by atoms with Crippen molar-refractivity contribution in [3.05, 3.63) is 21.6 Å². The highest BCUT2D eigenvalue weighted by Crippen LogP contribution is 2.49. The molecule has 3 aliphatic heterocycles. The smallest absolute Gasteiger partial charge is 0.345 e. The molecule has 4 heterocycles. The highest BCUT2D eigenvalue weighted by atomic mass is 19.1. The van der Waals surface area contributed by atoms with E-state index in [4.69, 9.17) is 21.1 Å². The summed E-state index contributed by atoms with van der Waals surface area (Å²) in [6, 6.07) is -0.437. The second kappa shape index (κ2) is 5.72. The Labute approximate surface area is 157 Å². The van der Waals surface area contributed by atoms with Gasteiger partial charge in [0.15, 0.2) is 17.1 Å². The third kappa shape index (κ3) is 2.02. The average Bonchev–Trinajstić information content (AvgIpc) is 3.27. The Morgan fingerprint density at radius 3 is 2.71 bits per heavy atom. The number of carboxylic acid groups (broad SMARTS) is 1. The van der Waals surface area contributed by atoms with E-state index in [2.05, 4.69) is 5.43 Å². The molecule has 5 rings (SSSR count). The fourth-order valence-corrected chi connectivity index (χ4v) is 4.34. The van der Waals surface area contributed by atoms with Crippen LogP contribution in [0.5, 0.6) is 11.6 Å². The highest BCUT2D eigenvalue weighted by Gasteiger charge is 2.41. The predicted octanol–water partition coefficient (Wildman–Crippen LogP) is -0.0123. The number of nitrogen functional groups attached to an aromatic ring is 1. The van der Waals surface area contributed by atoms with E-state index in [9.17, 15) is 14.7 Å². The second-order valence-electron chi connectivity index (χ2n) is 7.19. The molecule has 0 amide bonds. The lowest BCUT2D eigenvalue weighted by Gasteiger charge is -2.30. The number of nitrogens with two attached hydrogens (primary N) is 2. The van der Waals surface area contributed by atoms with Gasteiger partial charge in [-0.05, 0) is 6.42 Å². The molecule has 0 spiro atoms. The molecule has 1 saturated heterocycles. The van der Waals surface area contributed by atoms with Crippen molar-refractivity contribution in [1.82, 2.24) is 4.57 Å². The monoisotopic (exact) mass is 391 g/mol. The van der Waals surface area contributed by atoms with Crippen LogP contribution in [0.2, 0.25) is 0 Å². The topological polar surface area (TPSA) is 145 Å². The van der Waals surface area contributed by atoms with Gasteiger partial charge in [0.25, 0.3) is 0 Å². The van der Waals surface area contributed by atoms with Crippen LogP contribution < -0.4 is 36.8 Å². The van der Waals surface area contributed by atoms with Crippen molar-refractivity contribution in [2.24, 2.45) is 11.6 Å². The van der Waals surface area contributed by atoms with E-state index in [1.165, 1.54) is 0 Å². The number of nitrogens with one attached hydrogen (secondary N) is 1. The lowest BCUT2D eigenvalue weighted by molar-refractivity contribution is 0.0691. The predicted molar refractivity (Wildman–Crippen MR) is 97.8 cm³/mol. The average molecular weight is 391 g/mol. The Morgan fingerprint density at radius 1 is 1.32 bits per heavy atom. The molecule has 2 unspecified atom stereocenters. The molecule has 1 fully saturated rings. The number of halogens is 1. The van der Waals surface area contributed by atoms with Gasteiger partial charge < -0.3 is 30.6 Å². The van der Waals surface area contributed by atoms with Gasteiger partial charge in [0, 0.05) is 19.1 Å². The van der Waals surface area contributed by atoms with E-state index in [1.54, 1.807) is 9.47 Å². The Balaban J connectivity index is 1.95. The van der Waals surface area contributed by atoms with Crippen LogP contribution in [0.4, 0.5) is 15.8 Å². The maximum Gasteiger partial charge on any atom is 0.345 e. The minimum absolute atomic E-state index is 0.0433. The van der Waals surface area contributed by atoms with Crippen LogP contribution in [0.15, 0.2) is 4.79 Å². The van der Waals surface area contributed by atoms with E-state index in [-0.39, 0.29) is 59.2 Å². The largest absolute Gasteiger partial charge is 0.487 e. The fraction of sp³-hybridized carbons (Fsp3) is 0.412. The lowest BCUT2D eigenvalue weighted by atomic mass is 10.0. The number of rotatable bonds is 3. The zero-order valence-corrected chi connectivity index (χ0v) is 14.7. The number of anilines is 2. The number of ether oxygens (including phenoxy) is 2. The number of hydrazine groups is 1. The first-order valence-corrected chi connectivity index (χ1v) is 8.87. The van der Waals surface area contributed by atoms with Crippen molar-refractivity contribution >= 4 is 28.2 Å². The van der Waals surface area contributed by atoms with Gasteiger partial charge in [0.2, 0.25) is 11.3 Å². The van der Waals surface area contributed by atoms with Crippen molar-refractivity contribution in [3.63, 3.8) is 0 Å². The van der Waals surface area contributed by atoms with Crippen molar-refractivity contribution < 1.29 is 23.8 Å². The van der Waals surface area contributed by atoms with Gasteiger partial charge >= 0.3 is 5.97 Å². The minimum Gasteiger partial charge on any atom is -0.487 e. The van der Waals surface area contributed by atoms with Gasteiger partial charge in [0.05, 0.1) is 5.39 Å². The molecule has 0 aliphatic carbocycles. The van der Waals surface area contributed by atoms with E-state index in [0.717, 1.165) is 0 Å². The summed E-state index contributed by atoms with van der Waals surface area (Å²) in [4.78, 5) is 26.5. The van der Waals surface area contributed by atoms with Crippen LogP contribution in [0, 0.1) is 5.82 Å². The first-order valence-electron chi connectivity index (χ1n) is 8.87. The summed E-state index contributed by atoms with van der Waals surface area (Å²) in [5.41, 5.74) is 6.97. The Hall–Kier alpha value is -3.05. The SMILES string of the molecule is NNc1c(F)c(N2CCC(N)C2)c2c3c1c(=O)c(C(=O)O)c1n3C(CO2)CO1. The number of pyridine rings is 1. The molecule has 1 aromatic heterocycles. The van der Waals surface area contributed by atoms with Gasteiger partial charge in [-0.15, -0.1) is 0 Å². The van der Waals surface area contributed by atoms with Crippen LogP contribution in [-0.4, -0.2) is 48.0 Å². The van der Waals surface area contributed by atoms with Crippen LogP contribution in [0.25, 0.3) is 10.9 Å². The van der Waals surface area contributed by atoms with E-state index in [0.29, 0.717) is 19.5 Å². The van der Waals surface area contributed by atoms with Crippen LogP contribution in [0.3, 0.4) is 0 Å². The molecule has 10 nitrogen and oxygen atoms in total. The molecule has 0 bridgehead atoms. The van der Waals surface area contributed by atoms with Gasteiger partial charge in [-0.3, -0.25) is 15.2 Å². The zero-order chi connectivity index (χ0) is 19.7. The summed E-state index contributed by atoms with van der Waals surface area (Å²) in [7, 11) is 0. The Kier molecular flexibility index (Phi) is 3.49. The molecule has 2 atom stereocenters. The molecule has 11 heteroatoms. The van der Waals surface area contributed by atoms with Crippen LogP contribution in [0.1, 0.15) is 22.8 Å². The van der Waals surface area contributed by atoms with Crippen LogP contribution in [-0.2, 0) is 0 Å². The maximum atomic E-state index is 15.5. The van der Waals surface area contributed by atoms with Crippen molar-refractivity contribution in [3.8, 4) is 11.6 Å². The van der Waals surface area contributed by atoms with Gasteiger partial charge in [-0.2, -0.15) is 0 Å². The molecule has 0 saturated carbocycles. The number of hydrogen-bond donors (Lipinski definition) is 4. The summed E-state index contributed by atoms with van der Waals surface area (Å²) >= 11 is 0. The van der Waals surface area contributed by atoms with Gasteiger partial charge in [-0.1, -0.05) is 0 Å². The van der Waals surface area contributed by atoms with E-state index in [1.807, 2.05) is 0 Å². The van der Waals surface area contributed by atoms with Crippen molar-refractivity contribution in [2.45, 2.75) is 18.5 Å². The summed E-state index contributed by atoms with van der Waals surface area (Å²) < 4.78 is 28.5. The second-order valence-corrected chi connectivity index (χ2v) is 7.19. The molecular formula is C17H18FN5O5. The lowest BCUT2D eigenvalue weighted by Crippen LogP contribution is -2.31. The van der Waals surface area contributed by atoms with E-state index < -0.39 is 22.8 Å². The Morgan fingerprint density at radius 2 is 2.07 bits per heavy atom. The number of aromatic carboxylic acids is 1. The molecule has 0 radical (unpaired) electrons. The molecule has 148 valence electrons. The number of aromatic nitrogens is 1. The number of nitrogens with zero attached hydrogens (tertiary/aromatic N) is 2. The standard InChI is InChI=1S/C17H18FN5O5/c18-10-11(21-20)8-12-15(13(10)22-2-1-6(19)3-22)27-4-7-5-28-16(23(7)12)9(14(8)24)17(25)26/h6-7,21H,1-5,19-20H2,(H,25,26). The van der Waals surface area contributed by atoms with Crippen molar-refractivity contribution in [2.75, 3.05) is 36.6 Å². The van der Waals surface area contributed by atoms with Crippen LogP contribution >= 0.6 is 0 Å². The molecule has 3 aliphatic rings. The van der Waals surface area contributed by atoms with Crippen molar-refractivity contribution in [1.29, 1.82) is 0 Å². The third-order valence-corrected chi connectivity index (χ3v) is 5.57. The molecule has 28 heavy (non-hydrogen) atoms. The first kappa shape index (κ1) is 17.1. The molecule has 2 aromatic rings. The molecule has 6 N–H and O–H groups in total. The Bertz CT molecular complexity index is 1100. The summed E-state index contributed by atoms with van der Waals surface area (Å²) in [5, 5.41) is 9.39.